The molecule has 0 aromatic rings. The second-order valence-corrected chi connectivity index (χ2v) is 5.99. The van der Waals surface area contributed by atoms with Crippen molar-refractivity contribution in [2.45, 2.75) is 82.3 Å². The van der Waals surface area contributed by atoms with Gasteiger partial charge in [0.2, 0.25) is 0 Å². The lowest BCUT2D eigenvalue weighted by Crippen LogP contribution is -2.54. The normalized spacial score (nSPS) is 36.0. The Hall–Kier alpha value is -0.160. The predicted molar refractivity (Wildman–Crippen MR) is 71.3 cm³/mol. The summed E-state index contributed by atoms with van der Waals surface area (Å²) in [5, 5.41) is 0. The molecule has 0 aliphatic heterocycles. The molecular formula is C14H28N2O2. The van der Waals surface area contributed by atoms with E-state index in [1.807, 2.05) is 0 Å². The molecule has 2 atom stereocenters. The summed E-state index contributed by atoms with van der Waals surface area (Å²) in [7, 11) is 0. The minimum absolute atomic E-state index is 0.0342. The Kier molecular flexibility index (Phi) is 5.42. The van der Waals surface area contributed by atoms with Crippen molar-refractivity contribution in [3.8, 4) is 0 Å². The summed E-state index contributed by atoms with van der Waals surface area (Å²) >= 11 is 0. The molecule has 106 valence electrons. The van der Waals surface area contributed by atoms with Gasteiger partial charge in [0, 0.05) is 0 Å². The van der Waals surface area contributed by atoms with Crippen LogP contribution in [0.3, 0.4) is 0 Å². The minimum Gasteiger partial charge on any atom is -0.298 e. The van der Waals surface area contributed by atoms with E-state index in [1.165, 1.54) is 57.8 Å². The summed E-state index contributed by atoms with van der Waals surface area (Å²) in [6.07, 6.45) is 13.2. The van der Waals surface area contributed by atoms with Gasteiger partial charge in [-0.3, -0.25) is 9.68 Å². The molecule has 0 saturated heterocycles. The van der Waals surface area contributed by atoms with Gasteiger partial charge in [-0.15, -0.1) is 0 Å². The molecule has 0 radical (unpaired) electrons. The zero-order chi connectivity index (χ0) is 12.8. The highest BCUT2D eigenvalue weighted by molar-refractivity contribution is 4.97. The highest BCUT2D eigenvalue weighted by Crippen LogP contribution is 2.42. The second-order valence-electron chi connectivity index (χ2n) is 5.99. The zero-order valence-electron chi connectivity index (χ0n) is 11.4. The van der Waals surface area contributed by atoms with Crippen LogP contribution in [-0.4, -0.2) is 11.7 Å². The van der Waals surface area contributed by atoms with Crippen LogP contribution in [0.1, 0.15) is 70.6 Å². The van der Waals surface area contributed by atoms with Crippen molar-refractivity contribution in [3.63, 3.8) is 0 Å². The van der Waals surface area contributed by atoms with Gasteiger partial charge >= 0.3 is 0 Å². The number of nitrogens with two attached hydrogens (primary N) is 2. The van der Waals surface area contributed by atoms with Crippen molar-refractivity contribution >= 4 is 0 Å². The molecule has 18 heavy (non-hydrogen) atoms. The van der Waals surface area contributed by atoms with E-state index in [-0.39, 0.29) is 11.7 Å². The molecule has 2 saturated carbocycles. The van der Waals surface area contributed by atoms with E-state index in [4.69, 9.17) is 21.5 Å². The van der Waals surface area contributed by atoms with Gasteiger partial charge in [-0.25, -0.2) is 11.8 Å². The lowest BCUT2D eigenvalue weighted by Gasteiger charge is -2.42. The fourth-order valence-corrected chi connectivity index (χ4v) is 3.96. The Bertz CT molecular complexity index is 242. The highest BCUT2D eigenvalue weighted by Gasteiger charge is 2.47. The number of hydrogen-bond donors (Lipinski definition) is 2. The van der Waals surface area contributed by atoms with Crippen LogP contribution >= 0.6 is 0 Å². The third-order valence-electron chi connectivity index (χ3n) is 5.01. The molecule has 0 spiro atoms. The van der Waals surface area contributed by atoms with Crippen molar-refractivity contribution in [2.75, 3.05) is 0 Å². The molecular weight excluding hydrogens is 228 g/mol. The van der Waals surface area contributed by atoms with Crippen molar-refractivity contribution in [1.29, 1.82) is 0 Å². The summed E-state index contributed by atoms with van der Waals surface area (Å²) in [5.41, 5.74) is -0.338. The standard InChI is InChI=1S/C14H28N2O2/c15-17-13-10-6-3-7-11-14(13,18-16)12-8-4-1-2-5-9-12/h12-13H,1-11,15-16H2. The first-order valence-corrected chi connectivity index (χ1v) is 7.57. The van der Waals surface area contributed by atoms with E-state index in [9.17, 15) is 0 Å². The topological polar surface area (TPSA) is 70.5 Å². The predicted octanol–water partition coefficient (Wildman–Crippen LogP) is 2.81. The Labute approximate surface area is 110 Å². The van der Waals surface area contributed by atoms with Gasteiger partial charge in [-0.2, -0.15) is 0 Å². The van der Waals surface area contributed by atoms with E-state index in [1.54, 1.807) is 0 Å². The Morgan fingerprint density at radius 3 is 2.00 bits per heavy atom. The van der Waals surface area contributed by atoms with Crippen LogP contribution in [0, 0.1) is 5.92 Å². The first kappa shape index (κ1) is 14.3. The molecule has 4 heteroatoms. The van der Waals surface area contributed by atoms with E-state index < -0.39 is 0 Å². The van der Waals surface area contributed by atoms with Gasteiger partial charge in [0.1, 0.15) is 11.7 Å². The van der Waals surface area contributed by atoms with Gasteiger partial charge in [-0.1, -0.05) is 44.9 Å². The lowest BCUT2D eigenvalue weighted by atomic mass is 9.75. The maximum absolute atomic E-state index is 5.72. The Balaban J connectivity index is 2.18. The molecule has 2 fully saturated rings. The summed E-state index contributed by atoms with van der Waals surface area (Å²) in [6, 6.07) is 0. The van der Waals surface area contributed by atoms with Crippen LogP contribution in [-0.2, 0) is 9.68 Å². The molecule has 0 heterocycles. The second kappa shape index (κ2) is 6.85. The Morgan fingerprint density at radius 1 is 0.778 bits per heavy atom. The first-order chi connectivity index (χ1) is 8.83. The van der Waals surface area contributed by atoms with Crippen LogP contribution in [0.25, 0.3) is 0 Å². The fourth-order valence-electron chi connectivity index (χ4n) is 3.96. The largest absolute Gasteiger partial charge is 0.298 e. The van der Waals surface area contributed by atoms with Crippen molar-refractivity contribution in [1.82, 2.24) is 0 Å². The molecule has 0 amide bonds. The average molecular weight is 256 g/mol. The Morgan fingerprint density at radius 2 is 1.39 bits per heavy atom. The van der Waals surface area contributed by atoms with Gasteiger partial charge in [0.05, 0.1) is 0 Å². The third kappa shape index (κ3) is 2.87. The van der Waals surface area contributed by atoms with E-state index in [0.29, 0.717) is 5.92 Å². The van der Waals surface area contributed by atoms with Crippen molar-refractivity contribution < 1.29 is 9.68 Å². The summed E-state index contributed by atoms with van der Waals surface area (Å²) < 4.78 is 0. The average Bonchev–Trinajstić information content (AvgIpc) is 2.79. The molecule has 0 bridgehead atoms. The monoisotopic (exact) mass is 256 g/mol. The molecule has 2 aliphatic rings. The molecule has 2 unspecified atom stereocenters. The minimum atomic E-state index is -0.338. The van der Waals surface area contributed by atoms with Crippen LogP contribution in [0.2, 0.25) is 0 Å². The molecule has 4 nitrogen and oxygen atoms in total. The SMILES string of the molecule is NOC1CCCCCC1(ON)C1CCCCCC1. The number of rotatable bonds is 3. The van der Waals surface area contributed by atoms with Crippen molar-refractivity contribution in [2.24, 2.45) is 17.7 Å². The maximum atomic E-state index is 5.72. The first-order valence-electron chi connectivity index (χ1n) is 7.57. The van der Waals surface area contributed by atoms with Gasteiger partial charge in [0.15, 0.2) is 0 Å². The summed E-state index contributed by atoms with van der Waals surface area (Å²) in [5.74, 6) is 11.8. The van der Waals surface area contributed by atoms with Crippen LogP contribution < -0.4 is 11.8 Å². The molecule has 2 rings (SSSR count). The number of hydrogen-bond acceptors (Lipinski definition) is 4. The maximum Gasteiger partial charge on any atom is 0.120 e. The van der Waals surface area contributed by atoms with Crippen LogP contribution in [0.5, 0.6) is 0 Å². The van der Waals surface area contributed by atoms with E-state index in [0.717, 1.165) is 12.8 Å². The van der Waals surface area contributed by atoms with Gasteiger partial charge in [-0.05, 0) is 31.6 Å². The summed E-state index contributed by atoms with van der Waals surface area (Å²) in [4.78, 5) is 10.8. The molecule has 4 N–H and O–H groups in total. The fraction of sp³-hybridized carbons (Fsp3) is 1.00. The van der Waals surface area contributed by atoms with Gasteiger partial charge < -0.3 is 0 Å². The summed E-state index contributed by atoms with van der Waals surface area (Å²) in [6.45, 7) is 0. The van der Waals surface area contributed by atoms with Crippen molar-refractivity contribution in [3.05, 3.63) is 0 Å². The lowest BCUT2D eigenvalue weighted by molar-refractivity contribution is -0.186. The van der Waals surface area contributed by atoms with E-state index in [2.05, 4.69) is 0 Å². The highest BCUT2D eigenvalue weighted by atomic mass is 16.7. The molecule has 2 aliphatic carbocycles. The third-order valence-corrected chi connectivity index (χ3v) is 5.01. The van der Waals surface area contributed by atoms with E-state index >= 15 is 0 Å². The van der Waals surface area contributed by atoms with Crippen LogP contribution in [0.4, 0.5) is 0 Å². The molecule has 0 aromatic carbocycles. The quantitative estimate of drug-likeness (QED) is 0.601. The smallest absolute Gasteiger partial charge is 0.120 e. The van der Waals surface area contributed by atoms with Crippen LogP contribution in [0.15, 0.2) is 0 Å². The zero-order valence-corrected chi connectivity index (χ0v) is 11.4. The molecule has 0 aromatic heterocycles. The van der Waals surface area contributed by atoms with Gasteiger partial charge in [0.25, 0.3) is 0 Å².